The average Bonchev–Trinajstić information content (AvgIpc) is 3.86. The number of aryl methyl sites for hydroxylation is 3. The summed E-state index contributed by atoms with van der Waals surface area (Å²) in [6.45, 7) is 57.4. The molecule has 2 aliphatic carbocycles. The summed E-state index contributed by atoms with van der Waals surface area (Å²) in [7, 11) is 2.45. The molecule has 2 heterocycles. The van der Waals surface area contributed by atoms with Gasteiger partial charge < -0.3 is 14.2 Å². The summed E-state index contributed by atoms with van der Waals surface area (Å²) < 4.78 is 7.72. The van der Waals surface area contributed by atoms with Gasteiger partial charge in [-0.05, 0) is 224 Å². The second-order valence-electron chi connectivity index (χ2n) is 31.5. The monoisotopic (exact) mass is 1040 g/mol. The minimum absolute atomic E-state index is 0.00274. The Bertz CT molecular complexity index is 3490. The number of anilines is 6. The Morgan fingerprint density at radius 1 is 0.423 bits per heavy atom. The predicted molar refractivity (Wildman–Crippen MR) is 340 cm³/mol. The van der Waals surface area contributed by atoms with Crippen LogP contribution in [0.4, 0.5) is 34.1 Å². The van der Waals surface area contributed by atoms with Crippen molar-refractivity contribution < 1.29 is 4.42 Å². The van der Waals surface area contributed by atoms with Gasteiger partial charge in [0, 0.05) is 22.4 Å². The van der Waals surface area contributed by atoms with Crippen LogP contribution in [-0.4, -0.2) is 7.28 Å². The number of fused-ring (bicyclic) bond motifs is 8. The van der Waals surface area contributed by atoms with E-state index in [1.165, 1.54) is 100 Å². The molecule has 0 unspecified atom stereocenters. The molecule has 0 spiro atoms. The molecular formula is C74H94BN2O. The van der Waals surface area contributed by atoms with Gasteiger partial charge in [0.1, 0.15) is 5.58 Å². The zero-order chi connectivity index (χ0) is 57.2. The van der Waals surface area contributed by atoms with E-state index in [9.17, 15) is 0 Å². The van der Waals surface area contributed by atoms with E-state index < -0.39 is 0 Å². The van der Waals surface area contributed by atoms with Crippen LogP contribution in [0.5, 0.6) is 0 Å². The van der Waals surface area contributed by atoms with Crippen molar-refractivity contribution in [3.8, 4) is 11.1 Å². The molecule has 3 aliphatic rings. The zero-order valence-corrected chi connectivity index (χ0v) is 52.8. The molecule has 0 saturated heterocycles. The Hall–Kier alpha value is -5.48. The molecular weight excluding hydrogens is 944 g/mol. The quantitative estimate of drug-likeness (QED) is 0.164. The molecule has 78 heavy (non-hydrogen) atoms. The molecule has 2 bridgehead atoms. The highest BCUT2D eigenvalue weighted by molar-refractivity contribution is 6.70. The molecule has 4 heteroatoms. The van der Waals surface area contributed by atoms with Crippen LogP contribution in [0.1, 0.15) is 231 Å². The molecule has 1 radical (unpaired) electrons. The lowest BCUT2D eigenvalue weighted by Gasteiger charge is -2.44. The van der Waals surface area contributed by atoms with Gasteiger partial charge in [0.2, 0.25) is 7.28 Å². The van der Waals surface area contributed by atoms with Crippen LogP contribution in [0.25, 0.3) is 22.1 Å². The lowest BCUT2D eigenvalue weighted by Crippen LogP contribution is -2.39. The highest BCUT2D eigenvalue weighted by Gasteiger charge is 2.42. The summed E-state index contributed by atoms with van der Waals surface area (Å²) in [5, 5.41) is 1.16. The van der Waals surface area contributed by atoms with Crippen molar-refractivity contribution in [3.05, 3.63) is 152 Å². The number of furan rings is 1. The normalized spacial score (nSPS) is 17.7. The van der Waals surface area contributed by atoms with Crippen LogP contribution >= 0.6 is 0 Å². The first kappa shape index (κ1) is 55.8. The van der Waals surface area contributed by atoms with Crippen LogP contribution in [0.15, 0.2) is 89.3 Å². The first-order valence-electron chi connectivity index (χ1n) is 29.6. The molecule has 0 N–H and O–H groups in total. The maximum Gasteiger partial charge on any atom is 0.246 e. The van der Waals surface area contributed by atoms with Crippen molar-refractivity contribution in [3.63, 3.8) is 0 Å². The van der Waals surface area contributed by atoms with Gasteiger partial charge in [0.15, 0.2) is 0 Å². The third-order valence-corrected chi connectivity index (χ3v) is 19.0. The van der Waals surface area contributed by atoms with Crippen molar-refractivity contribution >= 4 is 63.5 Å². The van der Waals surface area contributed by atoms with Crippen molar-refractivity contribution in [2.24, 2.45) is 0 Å². The van der Waals surface area contributed by atoms with E-state index in [4.69, 9.17) is 4.42 Å². The molecule has 0 saturated carbocycles. The van der Waals surface area contributed by atoms with Gasteiger partial charge in [0.25, 0.3) is 0 Å². The molecule has 7 aromatic rings. The zero-order valence-electron chi connectivity index (χ0n) is 52.8. The number of hydrogen-bond acceptors (Lipinski definition) is 3. The summed E-state index contributed by atoms with van der Waals surface area (Å²) >= 11 is 0. The highest BCUT2D eigenvalue weighted by Crippen LogP contribution is 2.55. The molecule has 3 nitrogen and oxygen atoms in total. The van der Waals surface area contributed by atoms with Gasteiger partial charge in [-0.3, -0.25) is 0 Å². The van der Waals surface area contributed by atoms with E-state index >= 15 is 0 Å². The molecule has 0 amide bonds. The lowest BCUT2D eigenvalue weighted by atomic mass is 9.59. The van der Waals surface area contributed by atoms with Crippen LogP contribution < -0.4 is 20.9 Å². The second-order valence-corrected chi connectivity index (χ2v) is 31.5. The summed E-state index contributed by atoms with van der Waals surface area (Å²) in [6.07, 6.45) is 4.51. The Morgan fingerprint density at radius 3 is 1.24 bits per heavy atom. The minimum atomic E-state index is -0.119. The van der Waals surface area contributed by atoms with Gasteiger partial charge in [0.05, 0.1) is 22.7 Å². The van der Waals surface area contributed by atoms with Crippen LogP contribution in [0, 0.1) is 27.7 Å². The Balaban J connectivity index is 1.48. The summed E-state index contributed by atoms with van der Waals surface area (Å²) in [5.41, 5.74) is 28.0. The van der Waals surface area contributed by atoms with Crippen LogP contribution in [0.2, 0.25) is 0 Å². The van der Waals surface area contributed by atoms with Gasteiger partial charge in [-0.25, -0.2) is 0 Å². The third-order valence-electron chi connectivity index (χ3n) is 19.0. The molecule has 1 aliphatic heterocycles. The SMILES string of the molecule is Cc1cc(C)c(-c2cc3c(C)c(c2)N(c2cc(C(C)(C)C)cc(C(C)(C)C)c2)c2c(oc4cc5c(cc24)C(C)(C)CCC5(C)C)[B]c2cc4c(cc2N3c2cc(C(C)(C)C)cc(C(C)(C)C)c2)C(C)(C)CCC4(C)C)c(C)c1. The first-order chi connectivity index (χ1) is 35.8. The van der Waals surface area contributed by atoms with Gasteiger partial charge in [-0.1, -0.05) is 180 Å². The average molecular weight is 1040 g/mol. The van der Waals surface area contributed by atoms with Gasteiger partial charge in [-0.15, -0.1) is 0 Å². The fourth-order valence-electron chi connectivity index (χ4n) is 13.5. The minimum Gasteiger partial charge on any atom is -0.469 e. The first-order valence-corrected chi connectivity index (χ1v) is 29.6. The van der Waals surface area contributed by atoms with Crippen molar-refractivity contribution in [1.82, 2.24) is 0 Å². The molecule has 409 valence electrons. The smallest absolute Gasteiger partial charge is 0.246 e. The number of rotatable bonds is 3. The van der Waals surface area contributed by atoms with E-state index in [1.54, 1.807) is 0 Å². The van der Waals surface area contributed by atoms with Gasteiger partial charge in [-0.2, -0.15) is 0 Å². The van der Waals surface area contributed by atoms with E-state index in [-0.39, 0.29) is 43.3 Å². The van der Waals surface area contributed by atoms with Crippen LogP contribution in [0.3, 0.4) is 0 Å². The summed E-state index contributed by atoms with van der Waals surface area (Å²) in [6, 6.07) is 35.0. The van der Waals surface area contributed by atoms with Gasteiger partial charge >= 0.3 is 0 Å². The largest absolute Gasteiger partial charge is 0.469 e. The van der Waals surface area contributed by atoms with E-state index in [2.05, 4.69) is 268 Å². The lowest BCUT2D eigenvalue weighted by molar-refractivity contribution is 0.332. The molecule has 6 aromatic carbocycles. The highest BCUT2D eigenvalue weighted by atomic mass is 16.3. The predicted octanol–water partition coefficient (Wildman–Crippen LogP) is 20.1. The Morgan fingerprint density at radius 2 is 0.808 bits per heavy atom. The third kappa shape index (κ3) is 9.59. The van der Waals surface area contributed by atoms with E-state index in [1.807, 2.05) is 0 Å². The molecule has 0 fully saturated rings. The number of benzene rings is 6. The van der Waals surface area contributed by atoms with Crippen molar-refractivity contribution in [2.45, 2.75) is 235 Å². The summed E-state index contributed by atoms with van der Waals surface area (Å²) in [4.78, 5) is 5.33. The summed E-state index contributed by atoms with van der Waals surface area (Å²) in [5.74, 6) is 0. The number of hydrogen-bond donors (Lipinski definition) is 0. The Kier molecular flexibility index (Phi) is 12.9. The fraction of sp³-hybridized carbons (Fsp3) is 0.486. The maximum atomic E-state index is 7.72. The molecule has 0 atom stereocenters. The maximum absolute atomic E-state index is 7.72. The van der Waals surface area contributed by atoms with Crippen molar-refractivity contribution in [2.75, 3.05) is 9.80 Å². The topological polar surface area (TPSA) is 19.6 Å². The van der Waals surface area contributed by atoms with Crippen molar-refractivity contribution in [1.29, 1.82) is 0 Å². The Labute approximate surface area is 473 Å². The van der Waals surface area contributed by atoms with E-state index in [0.29, 0.717) is 0 Å². The van der Waals surface area contributed by atoms with Crippen LogP contribution in [-0.2, 0) is 43.3 Å². The van der Waals surface area contributed by atoms with E-state index in [0.717, 1.165) is 59.4 Å². The standard InChI is InChI=1S/C74H94BN2O/c1-43-29-44(2)64(45(3)30-43)47-31-60-46(4)61(32-47)77(53-37-50(69(11,12)13)34-51(38-53)70(14,15)16)65-54-39-55-58(74(23,24)28-25-71(55,17)18)42-63(54)78-66(65)75-59-40-56-57(73(21,22)27-26-72(56,19)20)41-62(59)76(60)52-35-48(67(5,6)7)33-49(36-52)68(8,9)10/h29-42H,25-28H2,1-24H3. The second kappa shape index (κ2) is 18.0. The fourth-order valence-corrected chi connectivity index (χ4v) is 13.5. The molecule has 10 rings (SSSR count). The number of nitrogens with zero attached hydrogens (tertiary/aromatic N) is 2. The molecule has 1 aromatic heterocycles.